The number of hydrogen-bond acceptors (Lipinski definition) is 4. The largest absolute Gasteiger partial charge is 0.381 e. The van der Waals surface area contributed by atoms with Crippen molar-refractivity contribution in [2.24, 2.45) is 5.92 Å². The molecule has 1 aliphatic heterocycles. The Balaban J connectivity index is 1.86. The van der Waals surface area contributed by atoms with Crippen LogP contribution in [0.1, 0.15) is 23.8 Å². The molecule has 0 aromatic carbocycles. The molecule has 2 rings (SSSR count). The summed E-state index contributed by atoms with van der Waals surface area (Å²) >= 11 is 1.73. The lowest BCUT2D eigenvalue weighted by Gasteiger charge is -2.26. The van der Waals surface area contributed by atoms with E-state index in [0.29, 0.717) is 19.8 Å². The quantitative estimate of drug-likeness (QED) is 0.897. The number of nitrogens with zero attached hydrogens (tertiary/aromatic N) is 1. The smallest absolute Gasteiger partial charge is 0.223 e. The highest BCUT2D eigenvalue weighted by atomic mass is 32.1. The molecule has 1 fully saturated rings. The highest BCUT2D eigenvalue weighted by molar-refractivity contribution is 7.10. The predicted octanol–water partition coefficient (Wildman–Crippen LogP) is 1.89. The zero-order valence-corrected chi connectivity index (χ0v) is 12.4. The molecule has 4 nitrogen and oxygen atoms in total. The molecule has 106 valence electrons. The lowest BCUT2D eigenvalue weighted by atomic mass is 9.99. The summed E-state index contributed by atoms with van der Waals surface area (Å²) in [6, 6.07) is 4.43. The Labute approximate surface area is 118 Å². The van der Waals surface area contributed by atoms with Gasteiger partial charge < -0.3 is 15.0 Å². The molecule has 2 heterocycles. The van der Waals surface area contributed by atoms with E-state index in [0.717, 1.165) is 12.8 Å². The van der Waals surface area contributed by atoms with E-state index in [4.69, 9.17) is 4.74 Å². The number of rotatable bonds is 5. The van der Waals surface area contributed by atoms with Crippen LogP contribution in [0.15, 0.2) is 17.5 Å². The number of nitrogens with one attached hydrogen (secondary N) is 1. The molecule has 0 saturated carbocycles. The third-order valence-corrected chi connectivity index (χ3v) is 4.53. The second-order valence-electron chi connectivity index (χ2n) is 5.13. The topological polar surface area (TPSA) is 41.6 Å². The maximum absolute atomic E-state index is 12.1. The summed E-state index contributed by atoms with van der Waals surface area (Å²) in [5, 5.41) is 5.17. The van der Waals surface area contributed by atoms with Gasteiger partial charge in [-0.3, -0.25) is 4.79 Å². The third kappa shape index (κ3) is 4.03. The van der Waals surface area contributed by atoms with Crippen molar-refractivity contribution in [2.45, 2.75) is 18.9 Å². The van der Waals surface area contributed by atoms with Crippen LogP contribution in [0.3, 0.4) is 0 Å². The van der Waals surface area contributed by atoms with E-state index < -0.39 is 0 Å². The van der Waals surface area contributed by atoms with Crippen LogP contribution >= 0.6 is 11.3 Å². The molecule has 1 amide bonds. The Morgan fingerprint density at radius 2 is 2.26 bits per heavy atom. The monoisotopic (exact) mass is 282 g/mol. The standard InChI is InChI=1S/C14H22N2O2S/c1-16(2)12(13-4-3-9-19-13)10-15-14(17)11-5-7-18-8-6-11/h3-4,9,11-12H,5-8,10H2,1-2H3,(H,15,17). The summed E-state index contributed by atoms with van der Waals surface area (Å²) in [5.74, 6) is 0.298. The van der Waals surface area contributed by atoms with E-state index in [-0.39, 0.29) is 17.9 Å². The number of carbonyl (C=O) groups is 1. The Kier molecular flexibility index (Phi) is 5.36. The molecule has 0 aliphatic carbocycles. The minimum Gasteiger partial charge on any atom is -0.381 e. The van der Waals surface area contributed by atoms with Gasteiger partial charge in [0.05, 0.1) is 6.04 Å². The average Bonchev–Trinajstić information content (AvgIpc) is 2.93. The van der Waals surface area contributed by atoms with Crippen LogP contribution in [0, 0.1) is 5.92 Å². The Morgan fingerprint density at radius 3 is 2.84 bits per heavy atom. The Hall–Kier alpha value is -0.910. The van der Waals surface area contributed by atoms with Crippen LogP contribution in [-0.4, -0.2) is 44.7 Å². The number of thiophene rings is 1. The van der Waals surface area contributed by atoms with Crippen LogP contribution in [0.25, 0.3) is 0 Å². The summed E-state index contributed by atoms with van der Waals surface area (Å²) in [4.78, 5) is 15.6. The zero-order chi connectivity index (χ0) is 13.7. The second-order valence-corrected chi connectivity index (χ2v) is 6.11. The lowest BCUT2D eigenvalue weighted by Crippen LogP contribution is -2.39. The van der Waals surface area contributed by atoms with Gasteiger partial charge in [-0.2, -0.15) is 0 Å². The molecule has 1 aromatic heterocycles. The van der Waals surface area contributed by atoms with Crippen molar-refractivity contribution in [1.29, 1.82) is 0 Å². The van der Waals surface area contributed by atoms with Gasteiger partial charge in [0.15, 0.2) is 0 Å². The first-order valence-electron chi connectivity index (χ1n) is 6.73. The van der Waals surface area contributed by atoms with E-state index >= 15 is 0 Å². The highest BCUT2D eigenvalue weighted by Gasteiger charge is 2.23. The average molecular weight is 282 g/mol. The van der Waals surface area contributed by atoms with Crippen molar-refractivity contribution >= 4 is 17.2 Å². The molecule has 1 aliphatic rings. The van der Waals surface area contributed by atoms with Gasteiger partial charge in [-0.25, -0.2) is 0 Å². The van der Waals surface area contributed by atoms with Gasteiger partial charge in [0.2, 0.25) is 5.91 Å². The number of likely N-dealkylation sites (N-methyl/N-ethyl adjacent to an activating group) is 1. The van der Waals surface area contributed by atoms with Crippen LogP contribution in [0.4, 0.5) is 0 Å². The lowest BCUT2D eigenvalue weighted by molar-refractivity contribution is -0.128. The molecule has 0 spiro atoms. The molecule has 0 bridgehead atoms. The van der Waals surface area contributed by atoms with E-state index in [1.165, 1.54) is 4.88 Å². The summed E-state index contributed by atoms with van der Waals surface area (Å²) in [7, 11) is 4.09. The molecule has 1 unspecified atom stereocenters. The van der Waals surface area contributed by atoms with Crippen molar-refractivity contribution in [1.82, 2.24) is 10.2 Å². The first-order chi connectivity index (χ1) is 9.18. The summed E-state index contributed by atoms with van der Waals surface area (Å²) in [6.07, 6.45) is 1.69. The maximum atomic E-state index is 12.1. The number of carbonyl (C=O) groups excluding carboxylic acids is 1. The summed E-state index contributed by atoms with van der Waals surface area (Å²) in [5.41, 5.74) is 0. The maximum Gasteiger partial charge on any atom is 0.223 e. The minimum absolute atomic E-state index is 0.125. The van der Waals surface area contributed by atoms with Crippen LogP contribution < -0.4 is 5.32 Å². The Morgan fingerprint density at radius 1 is 1.53 bits per heavy atom. The van der Waals surface area contributed by atoms with Gasteiger partial charge in [-0.15, -0.1) is 11.3 Å². The molecule has 5 heteroatoms. The first-order valence-corrected chi connectivity index (χ1v) is 7.61. The molecule has 1 saturated heterocycles. The zero-order valence-electron chi connectivity index (χ0n) is 11.6. The van der Waals surface area contributed by atoms with Crippen molar-refractivity contribution in [3.63, 3.8) is 0 Å². The highest BCUT2D eigenvalue weighted by Crippen LogP contribution is 2.22. The predicted molar refractivity (Wildman–Crippen MR) is 77.3 cm³/mol. The SMILES string of the molecule is CN(C)C(CNC(=O)C1CCOCC1)c1cccs1. The molecule has 1 atom stereocenters. The summed E-state index contributed by atoms with van der Waals surface area (Å²) < 4.78 is 5.29. The van der Waals surface area contributed by atoms with Gasteiger partial charge in [-0.05, 0) is 38.4 Å². The third-order valence-electron chi connectivity index (χ3n) is 3.56. The first kappa shape index (κ1) is 14.5. The van der Waals surface area contributed by atoms with Gasteiger partial charge in [0.25, 0.3) is 0 Å². The fourth-order valence-electron chi connectivity index (χ4n) is 2.32. The Bertz CT molecular complexity index is 386. The fraction of sp³-hybridized carbons (Fsp3) is 0.643. The van der Waals surface area contributed by atoms with Crippen LogP contribution in [-0.2, 0) is 9.53 Å². The molecule has 1 N–H and O–H groups in total. The summed E-state index contributed by atoms with van der Waals surface area (Å²) in [6.45, 7) is 2.09. The van der Waals surface area contributed by atoms with Crippen molar-refractivity contribution in [3.05, 3.63) is 22.4 Å². The van der Waals surface area contributed by atoms with Crippen molar-refractivity contribution < 1.29 is 9.53 Å². The number of ether oxygens (including phenoxy) is 1. The number of hydrogen-bond donors (Lipinski definition) is 1. The van der Waals surface area contributed by atoms with Crippen LogP contribution in [0.2, 0.25) is 0 Å². The van der Waals surface area contributed by atoms with Crippen LogP contribution in [0.5, 0.6) is 0 Å². The normalized spacial score (nSPS) is 18.5. The molecule has 1 aromatic rings. The van der Waals surface area contributed by atoms with Gasteiger partial charge in [-0.1, -0.05) is 6.07 Å². The second kappa shape index (κ2) is 7.03. The van der Waals surface area contributed by atoms with Gasteiger partial charge in [0, 0.05) is 30.6 Å². The molecule has 19 heavy (non-hydrogen) atoms. The van der Waals surface area contributed by atoms with Crippen molar-refractivity contribution in [2.75, 3.05) is 33.9 Å². The molecular weight excluding hydrogens is 260 g/mol. The minimum atomic E-state index is 0.125. The van der Waals surface area contributed by atoms with Crippen molar-refractivity contribution in [3.8, 4) is 0 Å². The fourth-order valence-corrected chi connectivity index (χ4v) is 3.24. The molecular formula is C14H22N2O2S. The van der Waals surface area contributed by atoms with E-state index in [1.54, 1.807) is 11.3 Å². The van der Waals surface area contributed by atoms with Gasteiger partial charge >= 0.3 is 0 Å². The molecule has 0 radical (unpaired) electrons. The number of amides is 1. The van der Waals surface area contributed by atoms with E-state index in [9.17, 15) is 4.79 Å². The van der Waals surface area contributed by atoms with E-state index in [1.807, 2.05) is 14.1 Å². The van der Waals surface area contributed by atoms with E-state index in [2.05, 4.69) is 27.7 Å². The van der Waals surface area contributed by atoms with Gasteiger partial charge in [0.1, 0.15) is 0 Å².